The van der Waals surface area contributed by atoms with Crippen molar-refractivity contribution in [3.05, 3.63) is 236 Å². The number of hydrogen-bond donors (Lipinski definition) is 0. The number of benzene rings is 11. The van der Waals surface area contributed by atoms with Crippen molar-refractivity contribution >= 4 is 71.3 Å². The molecule has 62 heavy (non-hydrogen) atoms. The summed E-state index contributed by atoms with van der Waals surface area (Å²) in [5.41, 5.74) is 5.22. The second-order valence-corrected chi connectivity index (χ2v) is 15.4. The van der Waals surface area contributed by atoms with Crippen LogP contribution in [0.3, 0.4) is 0 Å². The number of furan rings is 1. The van der Waals surface area contributed by atoms with Gasteiger partial charge >= 0.3 is 0 Å². The summed E-state index contributed by atoms with van der Waals surface area (Å²) in [7, 11) is 0. The Morgan fingerprint density at radius 2 is 0.823 bits per heavy atom. The van der Waals surface area contributed by atoms with Crippen LogP contribution in [0.4, 0.5) is 17.1 Å². The summed E-state index contributed by atoms with van der Waals surface area (Å²) in [5.74, 6) is 0. The minimum Gasteiger partial charge on any atom is -0.455 e. The van der Waals surface area contributed by atoms with Gasteiger partial charge in [0.1, 0.15) is 11.2 Å². The summed E-state index contributed by atoms with van der Waals surface area (Å²) in [6.45, 7) is 0. The highest BCUT2D eigenvalue weighted by atomic mass is 16.3. The fourth-order valence-electron chi connectivity index (χ4n) is 8.78. The molecule has 2 nitrogen and oxygen atoms in total. The molecule has 2 heteroatoms. The van der Waals surface area contributed by atoms with Gasteiger partial charge in [-0.3, -0.25) is 0 Å². The van der Waals surface area contributed by atoms with Gasteiger partial charge < -0.3 is 9.32 Å². The first-order valence-corrected chi connectivity index (χ1v) is 20.6. The number of fused-ring (bicyclic) bond motifs is 7. The third-order valence-electron chi connectivity index (χ3n) is 11.8. The molecule has 12 aromatic rings. The molecular formula is C60H39NO. The van der Waals surface area contributed by atoms with Crippen LogP contribution in [0.1, 0.15) is 11.0 Å². The predicted octanol–water partition coefficient (Wildman–Crippen LogP) is 17.2. The molecule has 0 amide bonds. The Kier molecular flexibility index (Phi) is 6.76. The van der Waals surface area contributed by atoms with Gasteiger partial charge in [0.25, 0.3) is 0 Å². The Morgan fingerprint density at radius 1 is 0.306 bits per heavy atom. The van der Waals surface area contributed by atoms with Gasteiger partial charge in [0.2, 0.25) is 0 Å². The quantitative estimate of drug-likeness (QED) is 0.160. The molecule has 0 bridgehead atoms. The average Bonchev–Trinajstić information content (AvgIpc) is 3.79. The second kappa shape index (κ2) is 14.8. The molecule has 0 atom stereocenters. The molecule has 0 saturated carbocycles. The van der Waals surface area contributed by atoms with E-state index in [9.17, 15) is 11.0 Å². The molecule has 0 saturated heterocycles. The lowest BCUT2D eigenvalue weighted by atomic mass is 9.95. The minimum absolute atomic E-state index is 0.0829. The third kappa shape index (κ3) is 6.12. The van der Waals surface area contributed by atoms with E-state index in [1.165, 1.54) is 4.90 Å². The summed E-state index contributed by atoms with van der Waals surface area (Å²) >= 11 is 0. The Bertz CT molecular complexity index is 4080. The maximum atomic E-state index is 9.87. The van der Waals surface area contributed by atoms with Crippen molar-refractivity contribution in [1.29, 1.82) is 0 Å². The Balaban J connectivity index is 1.11. The maximum absolute atomic E-state index is 9.87. The van der Waals surface area contributed by atoms with E-state index in [-0.39, 0.29) is 46.7 Å². The summed E-state index contributed by atoms with van der Waals surface area (Å²) < 4.78 is 84.7. The lowest BCUT2D eigenvalue weighted by Crippen LogP contribution is -2.11. The number of rotatable bonds is 7. The normalized spacial score (nSPS) is 13.4. The first-order valence-electron chi connectivity index (χ1n) is 24.6. The van der Waals surface area contributed by atoms with Crippen LogP contribution in [0.25, 0.3) is 98.8 Å². The number of nitrogens with zero attached hydrogens (tertiary/aromatic N) is 1. The lowest BCUT2D eigenvalue weighted by Gasteiger charge is -2.28. The lowest BCUT2D eigenvalue weighted by molar-refractivity contribution is 0.674. The fourth-order valence-corrected chi connectivity index (χ4v) is 8.78. The van der Waals surface area contributed by atoms with Crippen LogP contribution in [-0.2, 0) is 0 Å². The second-order valence-electron chi connectivity index (χ2n) is 15.4. The largest absolute Gasteiger partial charge is 0.455 e. The van der Waals surface area contributed by atoms with E-state index < -0.39 is 24.2 Å². The van der Waals surface area contributed by atoms with Crippen molar-refractivity contribution in [2.75, 3.05) is 4.90 Å². The smallest absolute Gasteiger partial charge is 0.143 e. The first kappa shape index (κ1) is 28.3. The van der Waals surface area contributed by atoms with E-state index in [4.69, 9.17) is 4.42 Å². The van der Waals surface area contributed by atoms with Crippen LogP contribution < -0.4 is 4.90 Å². The minimum atomic E-state index is -0.426. The molecule has 1 aromatic heterocycles. The topological polar surface area (TPSA) is 16.4 Å². The van der Waals surface area contributed by atoms with E-state index in [2.05, 4.69) is 6.07 Å². The molecule has 12 rings (SSSR count). The van der Waals surface area contributed by atoms with Crippen LogP contribution in [0.2, 0.25) is 0 Å². The van der Waals surface area contributed by atoms with E-state index in [0.29, 0.717) is 39.1 Å². The van der Waals surface area contributed by atoms with Crippen molar-refractivity contribution in [2.45, 2.75) is 0 Å². The van der Waals surface area contributed by atoms with Gasteiger partial charge in [-0.1, -0.05) is 188 Å². The molecule has 0 unspecified atom stereocenters. The van der Waals surface area contributed by atoms with Crippen molar-refractivity contribution in [2.24, 2.45) is 0 Å². The van der Waals surface area contributed by atoms with Crippen LogP contribution in [-0.4, -0.2) is 0 Å². The number of para-hydroxylation sites is 2. The third-order valence-corrected chi connectivity index (χ3v) is 11.8. The van der Waals surface area contributed by atoms with Crippen molar-refractivity contribution in [3.63, 3.8) is 0 Å². The molecule has 0 radical (unpaired) electrons. The molecular weight excluding hydrogens is 751 g/mol. The van der Waals surface area contributed by atoms with E-state index in [1.54, 1.807) is 24.3 Å². The van der Waals surface area contributed by atoms with Gasteiger partial charge in [0.05, 0.1) is 16.7 Å². The molecule has 0 aliphatic heterocycles. The van der Waals surface area contributed by atoms with Crippen LogP contribution in [0.15, 0.2) is 241 Å². The molecule has 1 heterocycles. The maximum Gasteiger partial charge on any atom is 0.143 e. The Morgan fingerprint density at radius 3 is 1.61 bits per heavy atom. The van der Waals surface area contributed by atoms with Gasteiger partial charge in [-0.05, 0) is 109 Å². The van der Waals surface area contributed by atoms with Crippen molar-refractivity contribution in [1.82, 2.24) is 0 Å². The molecule has 0 aliphatic rings. The van der Waals surface area contributed by atoms with Gasteiger partial charge in [0, 0.05) is 38.7 Å². The molecule has 290 valence electrons. The SMILES string of the molecule is [2H]c1c([2H])c(N(c2ccccc2-c2cccc3c2oc2c4ccccc4ccc32)c2c([2H])c([2H])c(-c3ccc4ccccc4c3)c([2H])c2[2H])c([2H])c([2H])c1-c1cccc(-c2cccc3ccccc23)c1. The number of anilines is 3. The van der Waals surface area contributed by atoms with E-state index >= 15 is 0 Å². The predicted molar refractivity (Wildman–Crippen MR) is 263 cm³/mol. The zero-order chi connectivity index (χ0) is 47.9. The first-order chi connectivity index (χ1) is 34.1. The highest BCUT2D eigenvalue weighted by Crippen LogP contribution is 2.46. The zero-order valence-electron chi connectivity index (χ0n) is 41.3. The van der Waals surface area contributed by atoms with Gasteiger partial charge in [-0.15, -0.1) is 0 Å². The summed E-state index contributed by atoms with van der Waals surface area (Å²) in [5, 5.41) is 7.64. The molecule has 0 spiro atoms. The fraction of sp³-hybridized carbons (Fsp3) is 0. The summed E-state index contributed by atoms with van der Waals surface area (Å²) in [4.78, 5) is 1.38. The average molecular weight is 798 g/mol. The molecule has 0 aliphatic carbocycles. The van der Waals surface area contributed by atoms with Crippen molar-refractivity contribution < 1.29 is 15.4 Å². The summed E-state index contributed by atoms with van der Waals surface area (Å²) in [6, 6.07) is 56.9. The van der Waals surface area contributed by atoms with E-state index in [0.717, 1.165) is 54.2 Å². The standard InChI is InChI=1S/C60H39NO/c1-2-15-45-38-47(27-26-40(45)12-1)42-30-35-50(36-31-42)61(49-33-28-41(29-34-49)46-17-9-18-48(39-46)52-22-10-16-43-13-3-5-19-51(43)52)58-25-8-7-21-54(58)55-23-11-24-56-57-37-32-44-14-4-6-20-53(44)59(57)62-60(55)56/h1-39H/i28D,29D,30D,31D,33D,34D,35D,36D. The highest BCUT2D eigenvalue weighted by Gasteiger charge is 2.21. The van der Waals surface area contributed by atoms with E-state index in [1.807, 2.05) is 158 Å². The summed E-state index contributed by atoms with van der Waals surface area (Å²) in [6.07, 6.45) is 0. The van der Waals surface area contributed by atoms with Crippen LogP contribution in [0, 0.1) is 0 Å². The monoisotopic (exact) mass is 797 g/mol. The molecule has 11 aromatic carbocycles. The highest BCUT2D eigenvalue weighted by molar-refractivity contribution is 6.17. The molecule has 0 fully saturated rings. The van der Waals surface area contributed by atoms with Gasteiger partial charge in [0.15, 0.2) is 0 Å². The van der Waals surface area contributed by atoms with Crippen LogP contribution >= 0.6 is 0 Å². The van der Waals surface area contributed by atoms with Gasteiger partial charge in [-0.25, -0.2) is 0 Å². The Hall–Kier alpha value is -8.20. The number of hydrogen-bond acceptors (Lipinski definition) is 2. The molecule has 0 N–H and O–H groups in total. The Labute approximate surface area is 371 Å². The zero-order valence-corrected chi connectivity index (χ0v) is 33.3. The van der Waals surface area contributed by atoms with Crippen molar-refractivity contribution in [3.8, 4) is 44.5 Å². The van der Waals surface area contributed by atoms with Gasteiger partial charge in [-0.2, -0.15) is 0 Å². The van der Waals surface area contributed by atoms with Crippen LogP contribution in [0.5, 0.6) is 0 Å².